The fourth-order valence-corrected chi connectivity index (χ4v) is 2.32. The van der Waals surface area contributed by atoms with Crippen LogP contribution < -0.4 is 5.32 Å². The molecule has 2 nitrogen and oxygen atoms in total. The van der Waals surface area contributed by atoms with E-state index < -0.39 is 5.82 Å². The van der Waals surface area contributed by atoms with E-state index in [1.165, 1.54) is 6.07 Å². The summed E-state index contributed by atoms with van der Waals surface area (Å²) in [5.74, 6) is -0.398. The van der Waals surface area contributed by atoms with Crippen molar-refractivity contribution in [3.8, 4) is 0 Å². The number of fused-ring (bicyclic) bond motifs is 1. The van der Waals surface area contributed by atoms with Crippen molar-refractivity contribution in [3.63, 3.8) is 0 Å². The molecule has 1 N–H and O–H groups in total. The zero-order valence-corrected chi connectivity index (χ0v) is 11.4. The lowest BCUT2D eigenvalue weighted by molar-refractivity contribution is 0.627. The molecule has 0 aliphatic rings. The molecule has 0 amide bonds. The summed E-state index contributed by atoms with van der Waals surface area (Å²) in [5, 5.41) is 5.66. The third kappa shape index (κ3) is 2.58. The first-order chi connectivity index (χ1) is 9.74. The van der Waals surface area contributed by atoms with Gasteiger partial charge in [-0.25, -0.2) is 4.39 Å². The predicted molar refractivity (Wildman–Crippen MR) is 80.5 cm³/mol. The Morgan fingerprint density at radius 1 is 1.15 bits per heavy atom. The standard InChI is InChI=1S/C16H12ClFN2/c17-14-8-11(4-5-15(14)18)9-20-16-3-1-2-12-6-7-19-10-13(12)16/h1-8,10,20H,9H2. The molecule has 0 aliphatic heterocycles. The Hall–Kier alpha value is -2.13. The fourth-order valence-electron chi connectivity index (χ4n) is 2.11. The van der Waals surface area contributed by atoms with Gasteiger partial charge in [0.15, 0.2) is 0 Å². The Balaban J connectivity index is 1.85. The van der Waals surface area contributed by atoms with Crippen LogP contribution in [0.3, 0.4) is 0 Å². The fraction of sp³-hybridized carbons (Fsp3) is 0.0625. The summed E-state index contributed by atoms with van der Waals surface area (Å²) in [6.45, 7) is 0.577. The molecule has 1 aromatic heterocycles. The molecule has 0 bridgehead atoms. The summed E-state index contributed by atoms with van der Waals surface area (Å²) in [6, 6.07) is 12.7. The maximum atomic E-state index is 13.1. The minimum Gasteiger partial charge on any atom is -0.380 e. The van der Waals surface area contributed by atoms with E-state index >= 15 is 0 Å². The molecule has 0 radical (unpaired) electrons. The number of rotatable bonds is 3. The molecule has 0 spiro atoms. The Kier molecular flexibility index (Phi) is 3.52. The topological polar surface area (TPSA) is 24.9 Å². The van der Waals surface area contributed by atoms with Gasteiger partial charge in [-0.1, -0.05) is 29.8 Å². The van der Waals surface area contributed by atoms with Crippen LogP contribution >= 0.6 is 11.6 Å². The van der Waals surface area contributed by atoms with Crippen LogP contribution in [0.25, 0.3) is 10.8 Å². The first kappa shape index (κ1) is 12.9. The molecule has 0 saturated carbocycles. The van der Waals surface area contributed by atoms with Gasteiger partial charge in [0.05, 0.1) is 5.02 Å². The molecule has 0 saturated heterocycles. The molecule has 0 fully saturated rings. The van der Waals surface area contributed by atoms with Crippen LogP contribution in [-0.4, -0.2) is 4.98 Å². The predicted octanol–water partition coefficient (Wildman–Crippen LogP) is 4.64. The van der Waals surface area contributed by atoms with E-state index in [1.54, 1.807) is 18.3 Å². The molecule has 3 aromatic rings. The summed E-state index contributed by atoms with van der Waals surface area (Å²) in [4.78, 5) is 4.14. The summed E-state index contributed by atoms with van der Waals surface area (Å²) >= 11 is 5.78. The highest BCUT2D eigenvalue weighted by atomic mass is 35.5. The van der Waals surface area contributed by atoms with E-state index in [0.29, 0.717) is 6.54 Å². The zero-order valence-electron chi connectivity index (χ0n) is 10.6. The smallest absolute Gasteiger partial charge is 0.141 e. The van der Waals surface area contributed by atoms with Gasteiger partial charge in [0.2, 0.25) is 0 Å². The highest BCUT2D eigenvalue weighted by Crippen LogP contribution is 2.23. The number of nitrogens with one attached hydrogen (secondary N) is 1. The average molecular weight is 287 g/mol. The van der Waals surface area contributed by atoms with Crippen molar-refractivity contribution >= 4 is 28.1 Å². The zero-order chi connectivity index (χ0) is 13.9. The van der Waals surface area contributed by atoms with Crippen LogP contribution in [0.5, 0.6) is 0 Å². The van der Waals surface area contributed by atoms with Gasteiger partial charge in [-0.3, -0.25) is 4.98 Å². The molecule has 0 unspecified atom stereocenters. The third-order valence-electron chi connectivity index (χ3n) is 3.15. The summed E-state index contributed by atoms with van der Waals surface area (Å²) in [5.41, 5.74) is 1.92. The Bertz CT molecular complexity index is 753. The summed E-state index contributed by atoms with van der Waals surface area (Å²) < 4.78 is 13.1. The number of nitrogens with zero attached hydrogens (tertiary/aromatic N) is 1. The molecular formula is C16H12ClFN2. The van der Waals surface area contributed by atoms with E-state index in [-0.39, 0.29) is 5.02 Å². The largest absolute Gasteiger partial charge is 0.380 e. The molecule has 100 valence electrons. The number of benzene rings is 2. The Morgan fingerprint density at radius 2 is 2.05 bits per heavy atom. The monoisotopic (exact) mass is 286 g/mol. The van der Waals surface area contributed by atoms with E-state index in [9.17, 15) is 4.39 Å². The van der Waals surface area contributed by atoms with Gasteiger partial charge >= 0.3 is 0 Å². The third-order valence-corrected chi connectivity index (χ3v) is 3.44. The van der Waals surface area contributed by atoms with Gasteiger partial charge in [0.25, 0.3) is 0 Å². The lowest BCUT2D eigenvalue weighted by atomic mass is 10.1. The first-order valence-corrected chi connectivity index (χ1v) is 6.62. The van der Waals surface area contributed by atoms with Crippen LogP contribution in [0.2, 0.25) is 5.02 Å². The SMILES string of the molecule is Fc1ccc(CNc2cccc3ccncc23)cc1Cl. The molecule has 0 atom stereocenters. The number of hydrogen-bond donors (Lipinski definition) is 1. The molecule has 3 rings (SSSR count). The van der Waals surface area contributed by atoms with E-state index in [4.69, 9.17) is 11.6 Å². The Labute approximate surface area is 121 Å². The second-order valence-corrected chi connectivity index (χ2v) is 4.91. The van der Waals surface area contributed by atoms with Gasteiger partial charge in [-0.2, -0.15) is 0 Å². The normalized spacial score (nSPS) is 10.7. The maximum Gasteiger partial charge on any atom is 0.141 e. The number of hydrogen-bond acceptors (Lipinski definition) is 2. The van der Waals surface area contributed by atoms with Crippen LogP contribution in [0.4, 0.5) is 10.1 Å². The van der Waals surface area contributed by atoms with Crippen molar-refractivity contribution in [2.75, 3.05) is 5.32 Å². The molecule has 0 aliphatic carbocycles. The molecular weight excluding hydrogens is 275 g/mol. The van der Waals surface area contributed by atoms with Crippen molar-refractivity contribution in [1.29, 1.82) is 0 Å². The average Bonchev–Trinajstić information content (AvgIpc) is 2.48. The molecule has 2 aromatic carbocycles. The van der Waals surface area contributed by atoms with Crippen LogP contribution in [0.15, 0.2) is 54.9 Å². The molecule has 20 heavy (non-hydrogen) atoms. The second kappa shape index (κ2) is 5.47. The second-order valence-electron chi connectivity index (χ2n) is 4.50. The van der Waals surface area contributed by atoms with Crippen molar-refractivity contribution in [2.45, 2.75) is 6.54 Å². The van der Waals surface area contributed by atoms with Crippen molar-refractivity contribution < 1.29 is 4.39 Å². The van der Waals surface area contributed by atoms with Crippen LogP contribution in [0.1, 0.15) is 5.56 Å². The Morgan fingerprint density at radius 3 is 2.90 bits per heavy atom. The highest BCUT2D eigenvalue weighted by molar-refractivity contribution is 6.30. The van der Waals surface area contributed by atoms with Crippen molar-refractivity contribution in [2.24, 2.45) is 0 Å². The number of halogens is 2. The van der Waals surface area contributed by atoms with Crippen LogP contribution in [0, 0.1) is 5.82 Å². The van der Waals surface area contributed by atoms with E-state index in [2.05, 4.69) is 10.3 Å². The summed E-state index contributed by atoms with van der Waals surface area (Å²) in [7, 11) is 0. The van der Waals surface area contributed by atoms with Crippen molar-refractivity contribution in [1.82, 2.24) is 4.98 Å². The maximum absolute atomic E-state index is 13.1. The van der Waals surface area contributed by atoms with Gasteiger partial charge < -0.3 is 5.32 Å². The highest BCUT2D eigenvalue weighted by Gasteiger charge is 2.03. The minimum absolute atomic E-state index is 0.142. The number of pyridine rings is 1. The first-order valence-electron chi connectivity index (χ1n) is 6.24. The van der Waals surface area contributed by atoms with E-state index in [0.717, 1.165) is 22.0 Å². The lowest BCUT2D eigenvalue weighted by Crippen LogP contribution is -2.00. The van der Waals surface area contributed by atoms with Gasteiger partial charge in [-0.15, -0.1) is 0 Å². The van der Waals surface area contributed by atoms with E-state index in [1.807, 2.05) is 30.5 Å². The quantitative estimate of drug-likeness (QED) is 0.759. The van der Waals surface area contributed by atoms with Crippen molar-refractivity contribution in [3.05, 3.63) is 71.3 Å². The minimum atomic E-state index is -0.398. The lowest BCUT2D eigenvalue weighted by Gasteiger charge is -2.10. The van der Waals surface area contributed by atoms with Crippen LogP contribution in [-0.2, 0) is 6.54 Å². The number of anilines is 1. The van der Waals surface area contributed by atoms with Gasteiger partial charge in [0.1, 0.15) is 5.82 Å². The number of aromatic nitrogens is 1. The van der Waals surface area contributed by atoms with Gasteiger partial charge in [0, 0.05) is 30.0 Å². The summed E-state index contributed by atoms with van der Waals surface area (Å²) in [6.07, 6.45) is 3.60. The molecule has 4 heteroatoms. The molecule has 1 heterocycles. The van der Waals surface area contributed by atoms with Gasteiger partial charge in [-0.05, 0) is 35.2 Å².